The lowest BCUT2D eigenvalue weighted by atomic mass is 9.90. The first kappa shape index (κ1) is 14.3. The molecule has 1 saturated carbocycles. The lowest BCUT2D eigenvalue weighted by molar-refractivity contribution is -0.123. The lowest BCUT2D eigenvalue weighted by Crippen LogP contribution is -2.25. The van der Waals surface area contributed by atoms with Gasteiger partial charge in [0.15, 0.2) is 11.6 Å². The van der Waals surface area contributed by atoms with Crippen LogP contribution in [-0.2, 0) is 16.6 Å². The number of hydrogen-bond acceptors (Lipinski definition) is 4. The van der Waals surface area contributed by atoms with Crippen molar-refractivity contribution in [2.45, 2.75) is 19.3 Å². The van der Waals surface area contributed by atoms with E-state index in [9.17, 15) is 19.5 Å². The molecular weight excluding hydrogens is 282 g/mol. The second kappa shape index (κ2) is 5.26. The molecule has 0 radical (unpaired) electrons. The van der Waals surface area contributed by atoms with Crippen molar-refractivity contribution in [1.29, 1.82) is 0 Å². The van der Waals surface area contributed by atoms with Crippen LogP contribution < -0.4 is 5.56 Å². The van der Waals surface area contributed by atoms with Gasteiger partial charge in [0, 0.05) is 19.9 Å². The van der Waals surface area contributed by atoms with Crippen LogP contribution in [0.15, 0.2) is 40.7 Å². The van der Waals surface area contributed by atoms with Gasteiger partial charge in [-0.05, 0) is 23.9 Å². The molecule has 3 rings (SSSR count). The number of aromatic nitrogens is 1. The van der Waals surface area contributed by atoms with Crippen LogP contribution in [0.25, 0.3) is 16.7 Å². The first-order valence-corrected chi connectivity index (χ1v) is 7.09. The average molecular weight is 297 g/mol. The minimum Gasteiger partial charge on any atom is -0.506 e. The number of para-hydroxylation sites is 1. The van der Waals surface area contributed by atoms with E-state index in [1.54, 1.807) is 19.2 Å². The number of fused-ring (bicyclic) bond motifs is 1. The topological polar surface area (TPSA) is 76.4 Å². The molecule has 2 aromatic rings. The molecule has 5 nitrogen and oxygen atoms in total. The summed E-state index contributed by atoms with van der Waals surface area (Å²) in [4.78, 5) is 36.3. The van der Waals surface area contributed by atoms with Gasteiger partial charge < -0.3 is 9.67 Å². The van der Waals surface area contributed by atoms with Gasteiger partial charge in [0.05, 0.1) is 11.1 Å². The van der Waals surface area contributed by atoms with Gasteiger partial charge >= 0.3 is 0 Å². The third-order valence-corrected chi connectivity index (χ3v) is 3.99. The summed E-state index contributed by atoms with van der Waals surface area (Å²) in [5.41, 5.74) is 0.0312. The number of benzene rings is 1. The highest BCUT2D eigenvalue weighted by atomic mass is 16.3. The van der Waals surface area contributed by atoms with Crippen molar-refractivity contribution < 1.29 is 14.7 Å². The van der Waals surface area contributed by atoms with Crippen molar-refractivity contribution >= 4 is 28.2 Å². The van der Waals surface area contributed by atoms with E-state index < -0.39 is 22.9 Å². The van der Waals surface area contributed by atoms with Crippen LogP contribution in [0.5, 0.6) is 0 Å². The van der Waals surface area contributed by atoms with Crippen molar-refractivity contribution in [2.24, 2.45) is 7.05 Å². The highest BCUT2D eigenvalue weighted by molar-refractivity contribution is 6.25. The van der Waals surface area contributed by atoms with E-state index in [-0.39, 0.29) is 24.0 Å². The number of Topliss-reactive ketones (excluding diaryl/α,β-unsaturated/α-hetero) is 2. The third kappa shape index (κ3) is 2.15. The van der Waals surface area contributed by atoms with Crippen molar-refractivity contribution in [2.75, 3.05) is 0 Å². The predicted octanol–water partition coefficient (Wildman–Crippen LogP) is 2.13. The molecule has 0 saturated heterocycles. The molecule has 1 aromatic carbocycles. The number of aryl methyl sites for hydroxylation is 1. The Kier molecular flexibility index (Phi) is 3.41. The molecule has 1 aliphatic carbocycles. The Balaban J connectivity index is 2.30. The molecule has 0 amide bonds. The number of nitrogens with zero attached hydrogens (tertiary/aromatic N) is 1. The van der Waals surface area contributed by atoms with E-state index >= 15 is 0 Å². The fraction of sp³-hybridized carbons (Fsp3) is 0.235. The monoisotopic (exact) mass is 297 g/mol. The van der Waals surface area contributed by atoms with Gasteiger partial charge in [-0.2, -0.15) is 0 Å². The van der Waals surface area contributed by atoms with Gasteiger partial charge in [-0.25, -0.2) is 0 Å². The molecule has 0 unspecified atom stereocenters. The molecule has 0 spiro atoms. The van der Waals surface area contributed by atoms with E-state index in [2.05, 4.69) is 0 Å². The summed E-state index contributed by atoms with van der Waals surface area (Å²) in [5, 5.41) is 11.1. The van der Waals surface area contributed by atoms with Gasteiger partial charge in [-0.1, -0.05) is 18.2 Å². The SMILES string of the molecule is Cn1c(=O)c(C(O)=C2C(=O)CCCC2=O)cc2ccccc21. The molecule has 0 aliphatic heterocycles. The van der Waals surface area contributed by atoms with Gasteiger partial charge in [0.2, 0.25) is 0 Å². The average Bonchev–Trinajstić information content (AvgIpc) is 2.50. The summed E-state index contributed by atoms with van der Waals surface area (Å²) >= 11 is 0. The first-order valence-electron chi connectivity index (χ1n) is 7.09. The number of ketones is 2. The predicted molar refractivity (Wildman–Crippen MR) is 82.6 cm³/mol. The summed E-state index contributed by atoms with van der Waals surface area (Å²) < 4.78 is 1.40. The van der Waals surface area contributed by atoms with E-state index in [0.29, 0.717) is 6.42 Å². The molecule has 1 aromatic heterocycles. The normalized spacial score (nSPS) is 15.4. The number of aliphatic hydroxyl groups is 1. The maximum absolute atomic E-state index is 12.4. The molecule has 0 bridgehead atoms. The number of allylic oxidation sites excluding steroid dienone is 1. The fourth-order valence-corrected chi connectivity index (χ4v) is 2.81. The number of aliphatic hydroxyl groups excluding tert-OH is 1. The number of pyridine rings is 1. The number of hydrogen-bond donors (Lipinski definition) is 1. The Hall–Kier alpha value is -2.69. The first-order chi connectivity index (χ1) is 10.5. The van der Waals surface area contributed by atoms with Crippen LogP contribution in [0.4, 0.5) is 0 Å². The number of rotatable bonds is 1. The van der Waals surface area contributed by atoms with Crippen molar-refractivity contribution in [3.63, 3.8) is 0 Å². The van der Waals surface area contributed by atoms with Crippen LogP contribution >= 0.6 is 0 Å². The quantitative estimate of drug-likeness (QED) is 0.497. The molecule has 1 N–H and O–H groups in total. The zero-order valence-corrected chi connectivity index (χ0v) is 12.1. The summed E-state index contributed by atoms with van der Waals surface area (Å²) in [6.07, 6.45) is 0.933. The molecule has 112 valence electrons. The Morgan fingerprint density at radius 3 is 2.41 bits per heavy atom. The zero-order chi connectivity index (χ0) is 15.9. The van der Waals surface area contributed by atoms with Crippen LogP contribution in [0.3, 0.4) is 0 Å². The van der Waals surface area contributed by atoms with Crippen LogP contribution in [0.1, 0.15) is 24.8 Å². The highest BCUT2D eigenvalue weighted by Crippen LogP contribution is 2.24. The smallest absolute Gasteiger partial charge is 0.261 e. The van der Waals surface area contributed by atoms with E-state index in [0.717, 1.165) is 10.9 Å². The van der Waals surface area contributed by atoms with E-state index in [1.165, 1.54) is 10.6 Å². The second-order valence-electron chi connectivity index (χ2n) is 5.40. The Bertz CT molecular complexity index is 871. The van der Waals surface area contributed by atoms with Gasteiger partial charge in [0.1, 0.15) is 11.3 Å². The standard InChI is InChI=1S/C17H15NO4/c1-18-12-6-3-2-5-10(12)9-11(17(18)22)16(21)15-13(19)7-4-8-14(15)20/h2-3,5-6,9,21H,4,7-8H2,1H3. The molecule has 1 fully saturated rings. The third-order valence-electron chi connectivity index (χ3n) is 3.99. The number of carbonyl (C=O) groups is 2. The second-order valence-corrected chi connectivity index (χ2v) is 5.40. The number of carbonyl (C=O) groups excluding carboxylic acids is 2. The molecule has 1 aliphatic rings. The highest BCUT2D eigenvalue weighted by Gasteiger charge is 2.28. The largest absolute Gasteiger partial charge is 0.506 e. The van der Waals surface area contributed by atoms with Crippen molar-refractivity contribution in [3.05, 3.63) is 51.8 Å². The van der Waals surface area contributed by atoms with Crippen LogP contribution in [0, 0.1) is 0 Å². The summed E-state index contributed by atoms with van der Waals surface area (Å²) in [6.45, 7) is 0. The summed E-state index contributed by atoms with van der Waals surface area (Å²) in [7, 11) is 1.59. The Morgan fingerprint density at radius 2 is 1.73 bits per heavy atom. The Labute approximate surface area is 126 Å². The van der Waals surface area contributed by atoms with E-state index in [1.807, 2.05) is 12.1 Å². The molecule has 1 heterocycles. The molecule has 0 atom stereocenters. The summed E-state index contributed by atoms with van der Waals surface area (Å²) in [5.74, 6) is -1.30. The maximum Gasteiger partial charge on any atom is 0.261 e. The van der Waals surface area contributed by atoms with Crippen molar-refractivity contribution in [1.82, 2.24) is 4.57 Å². The molecule has 5 heteroatoms. The van der Waals surface area contributed by atoms with Gasteiger partial charge in [0.25, 0.3) is 5.56 Å². The van der Waals surface area contributed by atoms with Crippen LogP contribution in [-0.4, -0.2) is 21.2 Å². The van der Waals surface area contributed by atoms with E-state index in [4.69, 9.17) is 0 Å². The zero-order valence-electron chi connectivity index (χ0n) is 12.1. The lowest BCUT2D eigenvalue weighted by Gasteiger charge is -2.14. The minimum atomic E-state index is -0.499. The Morgan fingerprint density at radius 1 is 1.09 bits per heavy atom. The van der Waals surface area contributed by atoms with Crippen LogP contribution in [0.2, 0.25) is 0 Å². The molecular formula is C17H15NO4. The van der Waals surface area contributed by atoms with Gasteiger partial charge in [-0.3, -0.25) is 14.4 Å². The van der Waals surface area contributed by atoms with Crippen molar-refractivity contribution in [3.8, 4) is 0 Å². The maximum atomic E-state index is 12.4. The van der Waals surface area contributed by atoms with Gasteiger partial charge in [-0.15, -0.1) is 0 Å². The molecule has 22 heavy (non-hydrogen) atoms. The minimum absolute atomic E-state index is 0.0141. The summed E-state index contributed by atoms with van der Waals surface area (Å²) in [6, 6.07) is 8.75. The fourth-order valence-electron chi connectivity index (χ4n) is 2.81.